The third-order valence-electron chi connectivity index (χ3n) is 1.78. The van der Waals surface area contributed by atoms with E-state index in [4.69, 9.17) is 46.4 Å². The van der Waals surface area contributed by atoms with Crippen LogP contribution < -0.4 is 0 Å². The third kappa shape index (κ3) is 1.31. The summed E-state index contributed by atoms with van der Waals surface area (Å²) >= 11 is 23.6. The highest BCUT2D eigenvalue weighted by atomic mass is 35.5. The van der Waals surface area contributed by atoms with E-state index in [0.29, 0.717) is 20.6 Å². The predicted octanol–water partition coefficient (Wildman–Crippen LogP) is 4.78. The smallest absolute Gasteiger partial charge is 0.0849 e. The summed E-state index contributed by atoms with van der Waals surface area (Å²) in [6.45, 7) is 0. The standard InChI is InChI=1S/C8H3Cl4N/c9-4-3-1-2-13-8(3)7(12)6(11)5(4)10/h1-2,13H. The number of halogens is 4. The minimum atomic E-state index is 0.281. The van der Waals surface area contributed by atoms with Crippen LogP contribution in [-0.4, -0.2) is 4.98 Å². The van der Waals surface area contributed by atoms with Gasteiger partial charge in [0.2, 0.25) is 0 Å². The van der Waals surface area contributed by atoms with E-state index in [1.165, 1.54) is 0 Å². The SMILES string of the molecule is Clc1c(Cl)c(Cl)c2[nH]ccc2c1Cl. The Bertz CT molecular complexity index is 432. The summed E-state index contributed by atoms with van der Waals surface area (Å²) in [6.07, 6.45) is 1.73. The maximum Gasteiger partial charge on any atom is 0.0849 e. The maximum absolute atomic E-state index is 5.95. The first kappa shape index (κ1) is 9.47. The first-order valence-corrected chi connectivity index (χ1v) is 4.93. The summed E-state index contributed by atoms with van der Waals surface area (Å²) in [6, 6.07) is 1.80. The minimum Gasteiger partial charge on any atom is -0.360 e. The molecule has 5 heteroatoms. The Kier molecular flexibility index (Phi) is 2.37. The fourth-order valence-electron chi connectivity index (χ4n) is 1.15. The molecule has 1 aromatic carbocycles. The number of nitrogens with one attached hydrogen (secondary N) is 1. The second-order valence-electron chi connectivity index (χ2n) is 2.52. The lowest BCUT2D eigenvalue weighted by molar-refractivity contribution is 1.48. The molecule has 0 radical (unpaired) electrons. The maximum atomic E-state index is 5.95. The first-order chi connectivity index (χ1) is 6.13. The molecular weight excluding hydrogens is 252 g/mol. The molecule has 0 aliphatic heterocycles. The largest absolute Gasteiger partial charge is 0.360 e. The molecule has 1 heterocycles. The Morgan fingerprint density at radius 3 is 2.15 bits per heavy atom. The van der Waals surface area contributed by atoms with Crippen LogP contribution in [0.25, 0.3) is 10.9 Å². The molecule has 0 bridgehead atoms. The van der Waals surface area contributed by atoms with Gasteiger partial charge >= 0.3 is 0 Å². The molecule has 0 unspecified atom stereocenters. The van der Waals surface area contributed by atoms with Gasteiger partial charge < -0.3 is 4.98 Å². The summed E-state index contributed by atoms with van der Waals surface area (Å²) in [5.74, 6) is 0. The van der Waals surface area contributed by atoms with E-state index in [2.05, 4.69) is 4.98 Å². The van der Waals surface area contributed by atoms with Crippen molar-refractivity contribution in [2.45, 2.75) is 0 Å². The van der Waals surface area contributed by atoms with Gasteiger partial charge in [0.1, 0.15) is 0 Å². The number of aromatic amines is 1. The molecular formula is C8H3Cl4N. The molecule has 13 heavy (non-hydrogen) atoms. The van der Waals surface area contributed by atoms with Crippen LogP contribution in [0.15, 0.2) is 12.3 Å². The molecule has 1 nitrogen and oxygen atoms in total. The fraction of sp³-hybridized carbons (Fsp3) is 0. The van der Waals surface area contributed by atoms with Crippen LogP contribution >= 0.6 is 46.4 Å². The monoisotopic (exact) mass is 253 g/mol. The van der Waals surface area contributed by atoms with Gasteiger partial charge in [-0.05, 0) is 6.07 Å². The highest BCUT2D eigenvalue weighted by molar-refractivity contribution is 6.55. The number of fused-ring (bicyclic) bond motifs is 1. The Labute approximate surface area is 94.5 Å². The van der Waals surface area contributed by atoms with Crippen molar-refractivity contribution < 1.29 is 0 Å². The third-order valence-corrected chi connectivity index (χ3v) is 3.60. The van der Waals surface area contributed by atoms with E-state index >= 15 is 0 Å². The van der Waals surface area contributed by atoms with Gasteiger partial charge in [-0.1, -0.05) is 46.4 Å². The van der Waals surface area contributed by atoms with Gasteiger partial charge in [-0.25, -0.2) is 0 Å². The van der Waals surface area contributed by atoms with Crippen LogP contribution in [-0.2, 0) is 0 Å². The second kappa shape index (κ2) is 3.25. The lowest BCUT2D eigenvalue weighted by atomic mass is 10.2. The molecule has 0 amide bonds. The lowest BCUT2D eigenvalue weighted by Crippen LogP contribution is -1.78. The number of hydrogen-bond donors (Lipinski definition) is 1. The average molecular weight is 255 g/mol. The Hall–Kier alpha value is -0.0800. The molecule has 0 saturated heterocycles. The van der Waals surface area contributed by atoms with Gasteiger partial charge in [-0.3, -0.25) is 0 Å². The number of benzene rings is 1. The molecule has 0 atom stereocenters. The highest BCUT2D eigenvalue weighted by Gasteiger charge is 2.14. The van der Waals surface area contributed by atoms with E-state index in [9.17, 15) is 0 Å². The van der Waals surface area contributed by atoms with E-state index in [1.54, 1.807) is 12.3 Å². The number of aromatic nitrogens is 1. The molecule has 1 N–H and O–H groups in total. The molecule has 0 aliphatic rings. The van der Waals surface area contributed by atoms with Crippen molar-refractivity contribution in [2.24, 2.45) is 0 Å². The van der Waals surface area contributed by atoms with Gasteiger partial charge in [-0.2, -0.15) is 0 Å². The van der Waals surface area contributed by atoms with Crippen molar-refractivity contribution in [3.05, 3.63) is 32.4 Å². The van der Waals surface area contributed by atoms with Crippen molar-refractivity contribution in [2.75, 3.05) is 0 Å². The zero-order chi connectivity index (χ0) is 9.59. The van der Waals surface area contributed by atoms with Gasteiger partial charge in [-0.15, -0.1) is 0 Å². The Morgan fingerprint density at radius 1 is 0.846 bits per heavy atom. The number of hydrogen-bond acceptors (Lipinski definition) is 0. The molecule has 0 saturated carbocycles. The van der Waals surface area contributed by atoms with Crippen molar-refractivity contribution in [3.63, 3.8) is 0 Å². The summed E-state index contributed by atoms with van der Waals surface area (Å²) in [7, 11) is 0. The zero-order valence-electron chi connectivity index (χ0n) is 6.17. The summed E-state index contributed by atoms with van der Waals surface area (Å²) in [5, 5.41) is 2.17. The molecule has 2 aromatic rings. The summed E-state index contributed by atoms with van der Waals surface area (Å²) in [5.41, 5.74) is 0.709. The van der Waals surface area contributed by atoms with Gasteiger partial charge in [0.05, 0.1) is 25.6 Å². The molecule has 1 aromatic heterocycles. The van der Waals surface area contributed by atoms with Crippen LogP contribution in [0, 0.1) is 0 Å². The quantitative estimate of drug-likeness (QED) is 0.514. The molecule has 0 aliphatic carbocycles. The summed E-state index contributed by atoms with van der Waals surface area (Å²) < 4.78 is 0. The van der Waals surface area contributed by atoms with Crippen LogP contribution in [0.2, 0.25) is 20.1 Å². The van der Waals surface area contributed by atoms with Gasteiger partial charge in [0, 0.05) is 11.6 Å². The van der Waals surface area contributed by atoms with E-state index in [1.807, 2.05) is 0 Å². The summed E-state index contributed by atoms with van der Waals surface area (Å²) in [4.78, 5) is 2.94. The van der Waals surface area contributed by atoms with Crippen molar-refractivity contribution >= 4 is 57.3 Å². The van der Waals surface area contributed by atoms with Crippen molar-refractivity contribution in [1.29, 1.82) is 0 Å². The normalized spacial score (nSPS) is 11.1. The molecule has 2 rings (SSSR count). The topological polar surface area (TPSA) is 15.8 Å². The van der Waals surface area contributed by atoms with Gasteiger partial charge in [0.15, 0.2) is 0 Å². The van der Waals surface area contributed by atoms with E-state index in [-0.39, 0.29) is 5.02 Å². The number of rotatable bonds is 0. The minimum absolute atomic E-state index is 0.281. The Morgan fingerprint density at radius 2 is 1.46 bits per heavy atom. The molecule has 0 fully saturated rings. The van der Waals surface area contributed by atoms with E-state index < -0.39 is 0 Å². The van der Waals surface area contributed by atoms with Crippen LogP contribution in [0.5, 0.6) is 0 Å². The van der Waals surface area contributed by atoms with Gasteiger partial charge in [0.25, 0.3) is 0 Å². The van der Waals surface area contributed by atoms with Crippen LogP contribution in [0.4, 0.5) is 0 Å². The zero-order valence-corrected chi connectivity index (χ0v) is 9.19. The lowest BCUT2D eigenvalue weighted by Gasteiger charge is -2.03. The molecule has 68 valence electrons. The van der Waals surface area contributed by atoms with Crippen LogP contribution in [0.1, 0.15) is 0 Å². The Balaban J connectivity index is 3.02. The van der Waals surface area contributed by atoms with Crippen molar-refractivity contribution in [3.8, 4) is 0 Å². The first-order valence-electron chi connectivity index (χ1n) is 3.42. The average Bonchev–Trinajstić information content (AvgIpc) is 2.59. The highest BCUT2D eigenvalue weighted by Crippen LogP contribution is 2.42. The number of H-pyrrole nitrogens is 1. The second-order valence-corrected chi connectivity index (χ2v) is 4.03. The van der Waals surface area contributed by atoms with Crippen LogP contribution in [0.3, 0.4) is 0 Å². The van der Waals surface area contributed by atoms with E-state index in [0.717, 1.165) is 5.39 Å². The van der Waals surface area contributed by atoms with Crippen molar-refractivity contribution in [1.82, 2.24) is 4.98 Å². The fourth-order valence-corrected chi connectivity index (χ4v) is 2.14. The predicted molar refractivity (Wildman–Crippen MR) is 58.3 cm³/mol. The molecule has 0 spiro atoms.